The molecule has 26 heavy (non-hydrogen) atoms. The van der Waals surface area contributed by atoms with Gasteiger partial charge in [-0.3, -0.25) is 4.79 Å². The molecule has 0 bridgehead atoms. The SMILES string of the molecule is COc1cc(C)c([C@H](C)NC(=O)COc2ccccc2F)cc1C(C)C. The number of hydrogen-bond acceptors (Lipinski definition) is 3. The van der Waals surface area contributed by atoms with Crippen molar-refractivity contribution in [2.45, 2.75) is 39.7 Å². The Balaban J connectivity index is 2.07. The molecule has 4 nitrogen and oxygen atoms in total. The van der Waals surface area contributed by atoms with E-state index in [1.165, 1.54) is 12.1 Å². The molecule has 0 aliphatic heterocycles. The van der Waals surface area contributed by atoms with Gasteiger partial charge in [-0.1, -0.05) is 26.0 Å². The van der Waals surface area contributed by atoms with Gasteiger partial charge in [0, 0.05) is 0 Å². The molecule has 0 fully saturated rings. The summed E-state index contributed by atoms with van der Waals surface area (Å²) in [5, 5.41) is 2.90. The van der Waals surface area contributed by atoms with Crippen LogP contribution >= 0.6 is 0 Å². The first-order valence-electron chi connectivity index (χ1n) is 8.68. The van der Waals surface area contributed by atoms with Gasteiger partial charge in [-0.2, -0.15) is 0 Å². The summed E-state index contributed by atoms with van der Waals surface area (Å²) >= 11 is 0. The molecule has 0 aliphatic rings. The predicted octanol–water partition coefficient (Wildman–Crippen LogP) is 4.52. The van der Waals surface area contributed by atoms with Crippen molar-refractivity contribution >= 4 is 5.91 Å². The number of hydrogen-bond donors (Lipinski definition) is 1. The lowest BCUT2D eigenvalue weighted by molar-refractivity contribution is -0.123. The summed E-state index contributed by atoms with van der Waals surface area (Å²) in [5.74, 6) is 0.431. The van der Waals surface area contributed by atoms with Gasteiger partial charge < -0.3 is 14.8 Å². The minimum absolute atomic E-state index is 0.0676. The van der Waals surface area contributed by atoms with E-state index in [9.17, 15) is 9.18 Å². The Bertz CT molecular complexity index is 774. The topological polar surface area (TPSA) is 47.6 Å². The number of aryl methyl sites for hydroxylation is 1. The third kappa shape index (κ3) is 4.75. The second-order valence-corrected chi connectivity index (χ2v) is 6.61. The van der Waals surface area contributed by atoms with Crippen molar-refractivity contribution < 1.29 is 18.7 Å². The zero-order chi connectivity index (χ0) is 19.3. The largest absolute Gasteiger partial charge is 0.496 e. The molecule has 1 N–H and O–H groups in total. The van der Waals surface area contributed by atoms with Crippen molar-refractivity contribution in [2.24, 2.45) is 0 Å². The van der Waals surface area contributed by atoms with Gasteiger partial charge in [-0.15, -0.1) is 0 Å². The number of benzene rings is 2. The maximum Gasteiger partial charge on any atom is 0.258 e. The van der Waals surface area contributed by atoms with E-state index in [4.69, 9.17) is 9.47 Å². The summed E-state index contributed by atoms with van der Waals surface area (Å²) in [6.07, 6.45) is 0. The number of carbonyl (C=O) groups excluding carboxylic acids is 1. The van der Waals surface area contributed by atoms with Crippen LogP contribution in [0, 0.1) is 12.7 Å². The van der Waals surface area contributed by atoms with Crippen LogP contribution < -0.4 is 14.8 Å². The first kappa shape index (κ1) is 19.8. The van der Waals surface area contributed by atoms with Crippen LogP contribution in [0.2, 0.25) is 0 Å². The van der Waals surface area contributed by atoms with Gasteiger partial charge in [0.15, 0.2) is 18.2 Å². The third-order valence-corrected chi connectivity index (χ3v) is 4.28. The highest BCUT2D eigenvalue weighted by molar-refractivity contribution is 5.78. The molecule has 140 valence electrons. The van der Waals surface area contributed by atoms with Gasteiger partial charge >= 0.3 is 0 Å². The molecule has 2 aromatic rings. The van der Waals surface area contributed by atoms with Crippen LogP contribution in [0.3, 0.4) is 0 Å². The molecule has 0 aromatic heterocycles. The summed E-state index contributed by atoms with van der Waals surface area (Å²) in [5.41, 5.74) is 3.15. The molecule has 0 unspecified atom stereocenters. The highest BCUT2D eigenvalue weighted by Gasteiger charge is 2.17. The summed E-state index contributed by atoms with van der Waals surface area (Å²) < 4.78 is 24.3. The Morgan fingerprint density at radius 2 is 1.81 bits per heavy atom. The number of para-hydroxylation sites is 1. The standard InChI is InChI=1S/C21H26FNO3/c1-13(2)16-11-17(14(3)10-20(16)25-5)15(4)23-21(24)12-26-19-9-7-6-8-18(19)22/h6-11,13,15H,12H2,1-5H3,(H,23,24)/t15-/m0/s1. The van der Waals surface area contributed by atoms with Crippen LogP contribution in [-0.4, -0.2) is 19.6 Å². The van der Waals surface area contributed by atoms with Crippen molar-refractivity contribution in [1.29, 1.82) is 0 Å². The van der Waals surface area contributed by atoms with E-state index in [1.54, 1.807) is 19.2 Å². The van der Waals surface area contributed by atoms with Crippen molar-refractivity contribution in [2.75, 3.05) is 13.7 Å². The van der Waals surface area contributed by atoms with Gasteiger partial charge in [-0.05, 0) is 60.7 Å². The molecule has 0 saturated heterocycles. The van der Waals surface area contributed by atoms with E-state index in [0.717, 1.165) is 22.4 Å². The Labute approximate surface area is 154 Å². The summed E-state index contributed by atoms with van der Waals surface area (Å²) in [7, 11) is 1.66. The number of halogens is 1. The summed E-state index contributed by atoms with van der Waals surface area (Å²) in [6, 6.07) is 9.88. The third-order valence-electron chi connectivity index (χ3n) is 4.28. The first-order valence-corrected chi connectivity index (χ1v) is 8.68. The maximum atomic E-state index is 13.5. The van der Waals surface area contributed by atoms with Gasteiger partial charge in [0.2, 0.25) is 0 Å². The van der Waals surface area contributed by atoms with Gasteiger partial charge in [-0.25, -0.2) is 4.39 Å². The Morgan fingerprint density at radius 3 is 2.42 bits per heavy atom. The van der Waals surface area contributed by atoms with Crippen molar-refractivity contribution in [3.8, 4) is 11.5 Å². The van der Waals surface area contributed by atoms with E-state index in [-0.39, 0.29) is 24.3 Å². The number of nitrogens with one attached hydrogen (secondary N) is 1. The van der Waals surface area contributed by atoms with Gasteiger partial charge in [0.05, 0.1) is 13.2 Å². The normalized spacial score (nSPS) is 12.0. The summed E-state index contributed by atoms with van der Waals surface area (Å²) in [6.45, 7) is 7.86. The van der Waals surface area contributed by atoms with E-state index in [0.29, 0.717) is 5.92 Å². The fraction of sp³-hybridized carbons (Fsp3) is 0.381. The van der Waals surface area contributed by atoms with E-state index in [2.05, 4.69) is 25.2 Å². The number of ether oxygens (including phenoxy) is 2. The quantitative estimate of drug-likeness (QED) is 0.790. The van der Waals surface area contributed by atoms with E-state index < -0.39 is 5.82 Å². The molecule has 1 amide bonds. The number of amides is 1. The Hall–Kier alpha value is -2.56. The minimum Gasteiger partial charge on any atom is -0.496 e. The molecule has 1 atom stereocenters. The number of carbonyl (C=O) groups is 1. The molecular formula is C21H26FNO3. The maximum absolute atomic E-state index is 13.5. The predicted molar refractivity (Wildman–Crippen MR) is 100 cm³/mol. The molecule has 0 saturated carbocycles. The second-order valence-electron chi connectivity index (χ2n) is 6.61. The molecule has 0 heterocycles. The van der Waals surface area contributed by atoms with Crippen LogP contribution in [0.15, 0.2) is 36.4 Å². The number of rotatable bonds is 7. The van der Waals surface area contributed by atoms with Crippen LogP contribution in [0.4, 0.5) is 4.39 Å². The molecule has 0 spiro atoms. The molecule has 2 aromatic carbocycles. The lowest BCUT2D eigenvalue weighted by Gasteiger charge is -2.21. The van der Waals surface area contributed by atoms with E-state index >= 15 is 0 Å². The average Bonchev–Trinajstić information content (AvgIpc) is 2.60. The van der Waals surface area contributed by atoms with Gasteiger partial charge in [0.25, 0.3) is 5.91 Å². The summed E-state index contributed by atoms with van der Waals surface area (Å²) in [4.78, 5) is 12.2. The molecule has 5 heteroatoms. The zero-order valence-corrected chi connectivity index (χ0v) is 15.9. The Morgan fingerprint density at radius 1 is 1.12 bits per heavy atom. The first-order chi connectivity index (χ1) is 12.3. The zero-order valence-electron chi connectivity index (χ0n) is 15.9. The van der Waals surface area contributed by atoms with E-state index in [1.807, 2.05) is 19.9 Å². The average molecular weight is 359 g/mol. The van der Waals surface area contributed by atoms with Crippen molar-refractivity contribution in [3.63, 3.8) is 0 Å². The fourth-order valence-corrected chi connectivity index (χ4v) is 2.88. The molecular weight excluding hydrogens is 333 g/mol. The van der Waals surface area contributed by atoms with Crippen LogP contribution in [-0.2, 0) is 4.79 Å². The fourth-order valence-electron chi connectivity index (χ4n) is 2.88. The minimum atomic E-state index is -0.485. The smallest absolute Gasteiger partial charge is 0.258 e. The lowest BCUT2D eigenvalue weighted by atomic mass is 9.93. The second kappa shape index (κ2) is 8.70. The molecule has 0 radical (unpaired) electrons. The van der Waals surface area contributed by atoms with Crippen molar-refractivity contribution in [1.82, 2.24) is 5.32 Å². The number of methoxy groups -OCH3 is 1. The lowest BCUT2D eigenvalue weighted by Crippen LogP contribution is -2.31. The van der Waals surface area contributed by atoms with Crippen LogP contribution in [0.1, 0.15) is 49.4 Å². The monoisotopic (exact) mass is 359 g/mol. The van der Waals surface area contributed by atoms with Crippen LogP contribution in [0.25, 0.3) is 0 Å². The molecule has 0 aliphatic carbocycles. The molecule has 2 rings (SSSR count). The highest BCUT2D eigenvalue weighted by Crippen LogP contribution is 2.32. The Kier molecular flexibility index (Phi) is 6.61. The van der Waals surface area contributed by atoms with Gasteiger partial charge in [0.1, 0.15) is 5.75 Å². The van der Waals surface area contributed by atoms with Crippen LogP contribution in [0.5, 0.6) is 11.5 Å². The highest BCUT2D eigenvalue weighted by atomic mass is 19.1. The van der Waals surface area contributed by atoms with Crippen molar-refractivity contribution in [3.05, 3.63) is 58.9 Å².